The third-order valence-electron chi connectivity index (χ3n) is 4.08. The Balaban J connectivity index is 1.68. The first-order valence-corrected chi connectivity index (χ1v) is 8.15. The van der Waals surface area contributed by atoms with Crippen LogP contribution in [-0.4, -0.2) is 24.5 Å². The molecule has 0 bridgehead atoms. The maximum Gasteiger partial charge on any atom is 0.268 e. The Morgan fingerprint density at radius 2 is 2.08 bits per heavy atom. The van der Waals surface area contributed by atoms with Gasteiger partial charge in [-0.3, -0.25) is 4.79 Å². The highest BCUT2D eigenvalue weighted by Crippen LogP contribution is 2.24. The van der Waals surface area contributed by atoms with Gasteiger partial charge in [0.2, 0.25) is 0 Å². The number of amides is 1. The number of carbonyl (C=O) groups excluding carboxylic acids is 1. The summed E-state index contributed by atoms with van der Waals surface area (Å²) in [5.74, 6) is 0.713. The summed E-state index contributed by atoms with van der Waals surface area (Å²) in [6, 6.07) is 13.4. The van der Waals surface area contributed by atoms with Crippen molar-refractivity contribution in [3.8, 4) is 5.75 Å². The summed E-state index contributed by atoms with van der Waals surface area (Å²) < 4.78 is 5.21. The van der Waals surface area contributed by atoms with E-state index in [2.05, 4.69) is 10.3 Å². The second kappa shape index (κ2) is 6.97. The molecule has 0 radical (unpaired) electrons. The predicted octanol–water partition coefficient (Wildman–Crippen LogP) is 4.11. The number of fused-ring (bicyclic) bond motifs is 1. The largest absolute Gasteiger partial charge is 0.497 e. The molecule has 5 heteroatoms. The first kappa shape index (κ1) is 16.4. The molecule has 0 aliphatic rings. The van der Waals surface area contributed by atoms with Gasteiger partial charge in [0.1, 0.15) is 11.4 Å². The Kier molecular flexibility index (Phi) is 4.76. The average Bonchev–Trinajstić information content (AvgIpc) is 2.91. The van der Waals surface area contributed by atoms with Gasteiger partial charge in [-0.05, 0) is 48.7 Å². The Hall–Kier alpha value is -2.46. The summed E-state index contributed by atoms with van der Waals surface area (Å²) in [6.45, 7) is 2.49. The fourth-order valence-corrected chi connectivity index (χ4v) is 2.95. The van der Waals surface area contributed by atoms with E-state index in [1.165, 1.54) is 0 Å². The molecule has 0 aliphatic heterocycles. The van der Waals surface area contributed by atoms with E-state index < -0.39 is 0 Å². The molecule has 0 unspecified atom stereocenters. The van der Waals surface area contributed by atoms with Crippen molar-refractivity contribution in [3.05, 3.63) is 64.3 Å². The average molecular weight is 343 g/mol. The predicted molar refractivity (Wildman–Crippen MR) is 97.1 cm³/mol. The molecule has 2 aromatic carbocycles. The molecule has 2 N–H and O–H groups in total. The lowest BCUT2D eigenvalue weighted by atomic mass is 10.1. The summed E-state index contributed by atoms with van der Waals surface area (Å²) in [5, 5.41) is 4.62. The lowest BCUT2D eigenvalue weighted by Crippen LogP contribution is -2.26. The number of hydrogen-bond acceptors (Lipinski definition) is 2. The molecule has 0 fully saturated rings. The van der Waals surface area contributed by atoms with Crippen molar-refractivity contribution in [3.63, 3.8) is 0 Å². The molecule has 0 aliphatic carbocycles. The molecular weight excluding hydrogens is 324 g/mol. The van der Waals surface area contributed by atoms with Crippen LogP contribution in [0.1, 0.15) is 21.6 Å². The van der Waals surface area contributed by atoms with E-state index in [-0.39, 0.29) is 5.91 Å². The first-order valence-electron chi connectivity index (χ1n) is 7.77. The maximum atomic E-state index is 12.4. The normalized spacial score (nSPS) is 10.8. The number of halogens is 1. The molecule has 3 aromatic rings. The first-order chi connectivity index (χ1) is 11.6. The standard InChI is InChI=1S/C19H19ClN2O2/c1-12-16-7-6-14(20)11-17(16)22-18(12)19(23)21-9-8-13-4-3-5-15(10-13)24-2/h3-7,10-11,22H,8-9H2,1-2H3,(H,21,23). The summed E-state index contributed by atoms with van der Waals surface area (Å²) >= 11 is 6.01. The number of benzene rings is 2. The van der Waals surface area contributed by atoms with E-state index in [9.17, 15) is 4.79 Å². The fourth-order valence-electron chi connectivity index (χ4n) is 2.77. The maximum absolute atomic E-state index is 12.4. The van der Waals surface area contributed by atoms with Crippen LogP contribution in [-0.2, 0) is 6.42 Å². The Morgan fingerprint density at radius 1 is 1.25 bits per heavy atom. The third-order valence-corrected chi connectivity index (χ3v) is 4.32. The summed E-state index contributed by atoms with van der Waals surface area (Å²) in [5.41, 5.74) is 3.51. The monoisotopic (exact) mass is 342 g/mol. The number of carbonyl (C=O) groups is 1. The zero-order chi connectivity index (χ0) is 17.1. The number of rotatable bonds is 5. The van der Waals surface area contributed by atoms with Gasteiger partial charge in [-0.1, -0.05) is 29.8 Å². The minimum atomic E-state index is -0.109. The number of ether oxygens (including phenoxy) is 1. The van der Waals surface area contributed by atoms with Gasteiger partial charge in [-0.15, -0.1) is 0 Å². The van der Waals surface area contributed by atoms with Gasteiger partial charge in [-0.2, -0.15) is 0 Å². The van der Waals surface area contributed by atoms with Crippen LogP contribution in [0.15, 0.2) is 42.5 Å². The van der Waals surface area contributed by atoms with Crippen molar-refractivity contribution >= 4 is 28.4 Å². The molecule has 3 rings (SSSR count). The third kappa shape index (κ3) is 3.39. The van der Waals surface area contributed by atoms with Crippen LogP contribution >= 0.6 is 11.6 Å². The lowest BCUT2D eigenvalue weighted by molar-refractivity contribution is 0.0949. The molecule has 0 spiro atoms. The molecule has 1 aromatic heterocycles. The van der Waals surface area contributed by atoms with Gasteiger partial charge in [0.15, 0.2) is 0 Å². The Morgan fingerprint density at radius 3 is 2.88 bits per heavy atom. The van der Waals surface area contributed by atoms with Crippen molar-refractivity contribution in [2.24, 2.45) is 0 Å². The molecule has 24 heavy (non-hydrogen) atoms. The zero-order valence-corrected chi connectivity index (χ0v) is 14.4. The van der Waals surface area contributed by atoms with Crippen LogP contribution in [0.4, 0.5) is 0 Å². The minimum absolute atomic E-state index is 0.109. The van der Waals surface area contributed by atoms with Gasteiger partial charge in [0.05, 0.1) is 7.11 Å². The van der Waals surface area contributed by atoms with Gasteiger partial charge >= 0.3 is 0 Å². The molecule has 0 atom stereocenters. The van der Waals surface area contributed by atoms with Crippen molar-refractivity contribution in [2.45, 2.75) is 13.3 Å². The molecule has 4 nitrogen and oxygen atoms in total. The zero-order valence-electron chi connectivity index (χ0n) is 13.7. The van der Waals surface area contributed by atoms with E-state index in [0.29, 0.717) is 17.3 Å². The second-order valence-electron chi connectivity index (χ2n) is 5.67. The lowest BCUT2D eigenvalue weighted by Gasteiger charge is -2.06. The molecule has 0 saturated carbocycles. The SMILES string of the molecule is COc1cccc(CCNC(=O)c2[nH]c3cc(Cl)ccc3c2C)c1. The molecular formula is C19H19ClN2O2. The molecule has 0 saturated heterocycles. The number of aromatic nitrogens is 1. The van der Waals surface area contributed by atoms with Crippen LogP contribution in [0, 0.1) is 6.92 Å². The van der Waals surface area contributed by atoms with E-state index >= 15 is 0 Å². The highest BCUT2D eigenvalue weighted by atomic mass is 35.5. The highest BCUT2D eigenvalue weighted by Gasteiger charge is 2.14. The number of methoxy groups -OCH3 is 1. The van der Waals surface area contributed by atoms with Crippen molar-refractivity contribution in [2.75, 3.05) is 13.7 Å². The van der Waals surface area contributed by atoms with Crippen molar-refractivity contribution in [1.29, 1.82) is 0 Å². The van der Waals surface area contributed by atoms with Crippen LogP contribution in [0.5, 0.6) is 5.75 Å². The number of aryl methyl sites for hydroxylation is 1. The minimum Gasteiger partial charge on any atom is -0.497 e. The van der Waals surface area contributed by atoms with Gasteiger partial charge < -0.3 is 15.0 Å². The van der Waals surface area contributed by atoms with E-state index in [4.69, 9.17) is 16.3 Å². The van der Waals surface area contributed by atoms with Gasteiger partial charge in [0.25, 0.3) is 5.91 Å². The van der Waals surface area contributed by atoms with Gasteiger partial charge in [-0.25, -0.2) is 0 Å². The quantitative estimate of drug-likeness (QED) is 0.733. The fraction of sp³-hybridized carbons (Fsp3) is 0.211. The van der Waals surface area contributed by atoms with Crippen molar-refractivity contribution < 1.29 is 9.53 Å². The van der Waals surface area contributed by atoms with Crippen LogP contribution in [0.2, 0.25) is 5.02 Å². The van der Waals surface area contributed by atoms with Crippen molar-refractivity contribution in [1.82, 2.24) is 10.3 Å². The summed E-state index contributed by atoms with van der Waals surface area (Å²) in [6.07, 6.45) is 0.744. The summed E-state index contributed by atoms with van der Waals surface area (Å²) in [4.78, 5) is 15.6. The van der Waals surface area contributed by atoms with Gasteiger partial charge in [0, 0.05) is 22.5 Å². The number of nitrogens with one attached hydrogen (secondary N) is 2. The van der Waals surface area contributed by atoms with E-state index in [1.807, 2.05) is 49.4 Å². The topological polar surface area (TPSA) is 54.1 Å². The van der Waals surface area contributed by atoms with E-state index in [1.54, 1.807) is 7.11 Å². The van der Waals surface area contributed by atoms with Crippen LogP contribution in [0.25, 0.3) is 10.9 Å². The number of aromatic amines is 1. The summed E-state index contributed by atoms with van der Waals surface area (Å²) in [7, 11) is 1.64. The Bertz CT molecular complexity index is 886. The smallest absolute Gasteiger partial charge is 0.268 e. The second-order valence-corrected chi connectivity index (χ2v) is 6.11. The molecule has 1 heterocycles. The van der Waals surface area contributed by atoms with E-state index in [0.717, 1.165) is 34.2 Å². The Labute approximate surface area is 145 Å². The number of hydrogen-bond donors (Lipinski definition) is 2. The van der Waals surface area contributed by atoms with Crippen LogP contribution in [0.3, 0.4) is 0 Å². The molecule has 124 valence electrons. The van der Waals surface area contributed by atoms with Crippen LogP contribution < -0.4 is 10.1 Å². The highest BCUT2D eigenvalue weighted by molar-refractivity contribution is 6.31. The number of H-pyrrole nitrogens is 1. The molecule has 1 amide bonds.